The lowest BCUT2D eigenvalue weighted by molar-refractivity contribution is 0.211. The molecule has 0 aromatic heterocycles. The molecule has 1 aromatic rings. The van der Waals surface area contributed by atoms with E-state index in [0.717, 1.165) is 13.1 Å². The predicted octanol–water partition coefficient (Wildman–Crippen LogP) is 3.21. The summed E-state index contributed by atoms with van der Waals surface area (Å²) in [6.07, 6.45) is 1.24. The molecule has 1 saturated heterocycles. The lowest BCUT2D eigenvalue weighted by Gasteiger charge is -2.30. The molecule has 0 bridgehead atoms. The normalized spacial score (nSPS) is 21.9. The summed E-state index contributed by atoms with van der Waals surface area (Å²) in [5.74, 6) is 1.20. The van der Waals surface area contributed by atoms with E-state index in [0.29, 0.717) is 17.3 Å². The number of nitrogens with zero attached hydrogens (tertiary/aromatic N) is 1. The van der Waals surface area contributed by atoms with Gasteiger partial charge in [0.25, 0.3) is 0 Å². The Morgan fingerprint density at radius 2 is 1.95 bits per heavy atom. The summed E-state index contributed by atoms with van der Waals surface area (Å²) in [5, 5.41) is 0. The first-order valence-corrected chi connectivity index (χ1v) is 8.15. The number of hydrogen-bond acceptors (Lipinski definition) is 3. The standard InChI is InChI=1S/C16H26N2S/c1-13-4-6-14(7-5-13)15(12-17)18-9-8-16(2,3)19-11-10-18/h4-7,15H,8-12,17H2,1-3H3. The summed E-state index contributed by atoms with van der Waals surface area (Å²) >= 11 is 2.09. The van der Waals surface area contributed by atoms with Gasteiger partial charge in [0.2, 0.25) is 0 Å². The molecule has 1 aliphatic heterocycles. The average molecular weight is 278 g/mol. The number of benzene rings is 1. The van der Waals surface area contributed by atoms with Crippen LogP contribution in [0.4, 0.5) is 0 Å². The summed E-state index contributed by atoms with van der Waals surface area (Å²) in [7, 11) is 0. The van der Waals surface area contributed by atoms with E-state index < -0.39 is 0 Å². The van der Waals surface area contributed by atoms with Gasteiger partial charge in [0.1, 0.15) is 0 Å². The molecule has 0 aliphatic carbocycles. The first-order valence-electron chi connectivity index (χ1n) is 7.16. The summed E-state index contributed by atoms with van der Waals surface area (Å²) in [6, 6.07) is 9.21. The van der Waals surface area contributed by atoms with Crippen LogP contribution in [0.2, 0.25) is 0 Å². The molecule has 106 valence electrons. The molecule has 1 aliphatic rings. The molecule has 2 N–H and O–H groups in total. The Bertz CT molecular complexity index is 400. The highest BCUT2D eigenvalue weighted by Gasteiger charge is 2.27. The van der Waals surface area contributed by atoms with Crippen molar-refractivity contribution < 1.29 is 0 Å². The fourth-order valence-electron chi connectivity index (χ4n) is 2.63. The van der Waals surface area contributed by atoms with Gasteiger partial charge in [-0.1, -0.05) is 43.7 Å². The lowest BCUT2D eigenvalue weighted by Crippen LogP contribution is -2.35. The third-order valence-corrected chi connectivity index (χ3v) is 5.37. The molecule has 2 nitrogen and oxygen atoms in total. The second-order valence-electron chi connectivity index (χ2n) is 6.06. The molecule has 3 heteroatoms. The zero-order chi connectivity index (χ0) is 13.9. The molecular formula is C16H26N2S. The van der Waals surface area contributed by atoms with Crippen molar-refractivity contribution in [2.24, 2.45) is 5.73 Å². The number of hydrogen-bond donors (Lipinski definition) is 1. The van der Waals surface area contributed by atoms with E-state index in [1.54, 1.807) is 0 Å². The largest absolute Gasteiger partial charge is 0.329 e. The molecule has 2 rings (SSSR count). The van der Waals surface area contributed by atoms with E-state index in [2.05, 4.69) is 61.7 Å². The van der Waals surface area contributed by atoms with Crippen molar-refractivity contribution in [1.29, 1.82) is 0 Å². The van der Waals surface area contributed by atoms with Gasteiger partial charge >= 0.3 is 0 Å². The van der Waals surface area contributed by atoms with Crippen molar-refractivity contribution in [3.63, 3.8) is 0 Å². The predicted molar refractivity (Wildman–Crippen MR) is 85.7 cm³/mol. The van der Waals surface area contributed by atoms with Crippen LogP contribution in [0.15, 0.2) is 24.3 Å². The van der Waals surface area contributed by atoms with Gasteiger partial charge in [-0.25, -0.2) is 0 Å². The highest BCUT2D eigenvalue weighted by molar-refractivity contribution is 8.00. The first kappa shape index (κ1) is 14.9. The van der Waals surface area contributed by atoms with Crippen LogP contribution in [0.25, 0.3) is 0 Å². The highest BCUT2D eigenvalue weighted by Crippen LogP contribution is 2.33. The quantitative estimate of drug-likeness (QED) is 0.920. The van der Waals surface area contributed by atoms with Crippen LogP contribution in [-0.4, -0.2) is 35.0 Å². The summed E-state index contributed by atoms with van der Waals surface area (Å²) < 4.78 is 0.404. The van der Waals surface area contributed by atoms with Crippen LogP contribution < -0.4 is 5.73 Å². The van der Waals surface area contributed by atoms with Crippen LogP contribution in [-0.2, 0) is 0 Å². The van der Waals surface area contributed by atoms with Crippen molar-refractivity contribution in [1.82, 2.24) is 4.90 Å². The number of thioether (sulfide) groups is 1. The zero-order valence-electron chi connectivity index (χ0n) is 12.4. The fourth-order valence-corrected chi connectivity index (χ4v) is 3.75. The molecule has 1 unspecified atom stereocenters. The Hall–Kier alpha value is -0.510. The second-order valence-corrected chi connectivity index (χ2v) is 7.86. The van der Waals surface area contributed by atoms with Crippen LogP contribution in [0.3, 0.4) is 0 Å². The summed E-state index contributed by atoms with van der Waals surface area (Å²) in [6.45, 7) is 9.83. The molecule has 1 atom stereocenters. The van der Waals surface area contributed by atoms with E-state index in [1.165, 1.54) is 23.3 Å². The van der Waals surface area contributed by atoms with Crippen molar-refractivity contribution in [3.05, 3.63) is 35.4 Å². The van der Waals surface area contributed by atoms with Crippen LogP contribution >= 0.6 is 11.8 Å². The number of nitrogens with two attached hydrogens (primary N) is 1. The van der Waals surface area contributed by atoms with Gasteiger partial charge in [-0.05, 0) is 18.9 Å². The minimum atomic E-state index is 0.370. The van der Waals surface area contributed by atoms with Gasteiger partial charge < -0.3 is 5.73 Å². The van der Waals surface area contributed by atoms with Gasteiger partial charge in [-0.2, -0.15) is 11.8 Å². The monoisotopic (exact) mass is 278 g/mol. The Morgan fingerprint density at radius 3 is 2.58 bits per heavy atom. The van der Waals surface area contributed by atoms with E-state index in [-0.39, 0.29) is 0 Å². The van der Waals surface area contributed by atoms with Crippen molar-refractivity contribution in [2.45, 2.75) is 38.0 Å². The fraction of sp³-hybridized carbons (Fsp3) is 0.625. The maximum absolute atomic E-state index is 6.04. The molecule has 1 aromatic carbocycles. The maximum atomic E-state index is 6.04. The smallest absolute Gasteiger partial charge is 0.0470 e. The van der Waals surface area contributed by atoms with Crippen LogP contribution in [0.5, 0.6) is 0 Å². The Kier molecular flexibility index (Phi) is 4.93. The third-order valence-electron chi connectivity index (χ3n) is 4.00. The molecule has 1 heterocycles. The zero-order valence-corrected chi connectivity index (χ0v) is 13.2. The Labute approximate surface area is 121 Å². The molecule has 0 radical (unpaired) electrons. The molecule has 0 spiro atoms. The SMILES string of the molecule is Cc1ccc(C(CN)N2CCSC(C)(C)CC2)cc1. The summed E-state index contributed by atoms with van der Waals surface area (Å²) in [5.41, 5.74) is 8.72. The van der Waals surface area contributed by atoms with E-state index in [4.69, 9.17) is 5.73 Å². The van der Waals surface area contributed by atoms with Gasteiger partial charge in [-0.3, -0.25) is 4.90 Å². The Morgan fingerprint density at radius 1 is 1.26 bits per heavy atom. The van der Waals surface area contributed by atoms with E-state index >= 15 is 0 Å². The first-order chi connectivity index (χ1) is 9.02. The van der Waals surface area contributed by atoms with Gasteiger partial charge in [0.15, 0.2) is 0 Å². The van der Waals surface area contributed by atoms with Crippen LogP contribution in [0, 0.1) is 6.92 Å². The lowest BCUT2D eigenvalue weighted by atomic mass is 10.0. The highest BCUT2D eigenvalue weighted by atomic mass is 32.2. The topological polar surface area (TPSA) is 29.3 Å². The molecular weight excluding hydrogens is 252 g/mol. The van der Waals surface area contributed by atoms with Gasteiger partial charge in [-0.15, -0.1) is 0 Å². The molecule has 0 amide bonds. The van der Waals surface area contributed by atoms with Gasteiger partial charge in [0, 0.05) is 36.2 Å². The minimum Gasteiger partial charge on any atom is -0.329 e. The third kappa shape index (κ3) is 3.98. The van der Waals surface area contributed by atoms with E-state index in [1.807, 2.05) is 0 Å². The van der Waals surface area contributed by atoms with Crippen molar-refractivity contribution >= 4 is 11.8 Å². The average Bonchev–Trinajstić information content (AvgIpc) is 2.54. The minimum absolute atomic E-state index is 0.370. The Balaban J connectivity index is 2.11. The van der Waals surface area contributed by atoms with Crippen molar-refractivity contribution in [3.8, 4) is 0 Å². The maximum Gasteiger partial charge on any atom is 0.0470 e. The molecule has 0 saturated carbocycles. The van der Waals surface area contributed by atoms with Crippen LogP contribution in [0.1, 0.15) is 37.4 Å². The number of rotatable bonds is 3. The van der Waals surface area contributed by atoms with E-state index in [9.17, 15) is 0 Å². The van der Waals surface area contributed by atoms with Gasteiger partial charge in [0.05, 0.1) is 0 Å². The van der Waals surface area contributed by atoms with Crippen molar-refractivity contribution in [2.75, 3.05) is 25.4 Å². The summed E-state index contributed by atoms with van der Waals surface area (Å²) in [4.78, 5) is 2.56. The number of aryl methyl sites for hydroxylation is 1. The molecule has 1 fully saturated rings. The second kappa shape index (κ2) is 6.29. The molecule has 19 heavy (non-hydrogen) atoms.